The van der Waals surface area contributed by atoms with Gasteiger partial charge in [0.05, 0.1) is 13.7 Å². The first kappa shape index (κ1) is 11.8. The highest BCUT2D eigenvalue weighted by molar-refractivity contribution is 5.88. The molecule has 0 bridgehead atoms. The molecular weight excluding hydrogens is 238 g/mol. The number of rotatable bonds is 3. The molecule has 1 aromatic carbocycles. The molecule has 7 nitrogen and oxygen atoms in total. The van der Waals surface area contributed by atoms with Crippen molar-refractivity contribution in [1.82, 2.24) is 0 Å². The summed E-state index contributed by atoms with van der Waals surface area (Å²) in [6.45, 7) is -0.0698. The molecule has 2 aromatic rings. The Balaban J connectivity index is 2.70. The van der Waals surface area contributed by atoms with E-state index in [9.17, 15) is 9.90 Å². The smallest absolute Gasteiger partial charge is 0.347 e. The Morgan fingerprint density at radius 1 is 1.50 bits per heavy atom. The average molecular weight is 247 g/mol. The van der Waals surface area contributed by atoms with Crippen LogP contribution in [-0.2, 0) is 6.54 Å². The lowest BCUT2D eigenvalue weighted by molar-refractivity contribution is 0.408. The van der Waals surface area contributed by atoms with Crippen molar-refractivity contribution in [2.45, 2.75) is 6.54 Å². The Kier molecular flexibility index (Phi) is 3.07. The third kappa shape index (κ3) is 2.07. The monoisotopic (exact) mass is 247 g/mol. The van der Waals surface area contributed by atoms with Crippen molar-refractivity contribution in [2.75, 3.05) is 7.11 Å². The number of hydrogen-bond acceptors (Lipinski definition) is 5. The van der Waals surface area contributed by atoms with E-state index in [-0.39, 0.29) is 23.4 Å². The highest BCUT2D eigenvalue weighted by atomic mass is 16.5. The predicted octanol–water partition coefficient (Wildman–Crippen LogP) is 2.32. The molecular formula is C11H9N3O4. The van der Waals surface area contributed by atoms with Crippen LogP contribution in [0.2, 0.25) is 0 Å². The van der Waals surface area contributed by atoms with Gasteiger partial charge >= 0.3 is 5.63 Å². The van der Waals surface area contributed by atoms with Crippen LogP contribution in [0.5, 0.6) is 11.5 Å². The molecule has 0 saturated carbocycles. The highest BCUT2D eigenvalue weighted by Gasteiger charge is 2.10. The van der Waals surface area contributed by atoms with Crippen LogP contribution in [0, 0.1) is 0 Å². The van der Waals surface area contributed by atoms with Crippen LogP contribution >= 0.6 is 0 Å². The van der Waals surface area contributed by atoms with Gasteiger partial charge in [-0.1, -0.05) is 5.11 Å². The molecule has 0 amide bonds. The van der Waals surface area contributed by atoms with E-state index in [1.165, 1.54) is 19.2 Å². The fraction of sp³-hybridized carbons (Fsp3) is 0.182. The molecule has 1 N–H and O–H groups in total. The molecule has 1 heterocycles. The first-order chi connectivity index (χ1) is 8.65. The Morgan fingerprint density at radius 3 is 2.94 bits per heavy atom. The number of fused-ring (bicyclic) bond motifs is 1. The third-order valence-electron chi connectivity index (χ3n) is 2.39. The van der Waals surface area contributed by atoms with E-state index in [2.05, 4.69) is 10.0 Å². The fourth-order valence-corrected chi connectivity index (χ4v) is 1.63. The molecule has 0 aliphatic rings. The van der Waals surface area contributed by atoms with Gasteiger partial charge in [0.1, 0.15) is 22.6 Å². The van der Waals surface area contributed by atoms with Gasteiger partial charge in [-0.05, 0) is 23.1 Å². The Hall–Kier alpha value is -2.66. The summed E-state index contributed by atoms with van der Waals surface area (Å²) >= 11 is 0. The first-order valence-corrected chi connectivity index (χ1v) is 5.00. The summed E-state index contributed by atoms with van der Waals surface area (Å²) in [6.07, 6.45) is 0. The molecule has 2 rings (SSSR count). The van der Waals surface area contributed by atoms with E-state index in [4.69, 9.17) is 14.7 Å². The molecule has 1 aromatic heterocycles. The summed E-state index contributed by atoms with van der Waals surface area (Å²) in [7, 11) is 1.45. The molecule has 0 aliphatic carbocycles. The van der Waals surface area contributed by atoms with Crippen molar-refractivity contribution in [2.24, 2.45) is 5.11 Å². The van der Waals surface area contributed by atoms with Crippen molar-refractivity contribution in [3.8, 4) is 11.5 Å². The van der Waals surface area contributed by atoms with Gasteiger partial charge < -0.3 is 14.3 Å². The lowest BCUT2D eigenvalue weighted by Crippen LogP contribution is -2.02. The largest absolute Gasteiger partial charge is 0.507 e. The molecule has 92 valence electrons. The van der Waals surface area contributed by atoms with E-state index < -0.39 is 5.63 Å². The maximum absolute atomic E-state index is 11.7. The number of phenolic OH excluding ortho intramolecular Hbond substituents is 1. The molecule has 0 atom stereocenters. The summed E-state index contributed by atoms with van der Waals surface area (Å²) in [4.78, 5) is 14.3. The van der Waals surface area contributed by atoms with Crippen molar-refractivity contribution in [1.29, 1.82) is 0 Å². The van der Waals surface area contributed by atoms with E-state index >= 15 is 0 Å². The standard InChI is InChI=1S/C11H9N3O4/c1-17-7-2-6-3-8(5-13-14-12)18-11(16)10(6)9(15)4-7/h2-4,15H,5H2,1H3. The minimum Gasteiger partial charge on any atom is -0.507 e. The summed E-state index contributed by atoms with van der Waals surface area (Å²) in [6, 6.07) is 4.44. The Morgan fingerprint density at radius 2 is 2.28 bits per heavy atom. The fourth-order valence-electron chi connectivity index (χ4n) is 1.63. The predicted molar refractivity (Wildman–Crippen MR) is 63.6 cm³/mol. The zero-order chi connectivity index (χ0) is 13.1. The number of hydrogen-bond donors (Lipinski definition) is 1. The second kappa shape index (κ2) is 4.68. The van der Waals surface area contributed by atoms with Gasteiger partial charge in [0.15, 0.2) is 0 Å². The summed E-state index contributed by atoms with van der Waals surface area (Å²) in [5.74, 6) is 0.423. The molecule has 0 aliphatic heterocycles. The zero-order valence-corrected chi connectivity index (χ0v) is 9.45. The average Bonchev–Trinajstić information content (AvgIpc) is 2.35. The number of ether oxygens (including phenoxy) is 1. The number of methoxy groups -OCH3 is 1. The summed E-state index contributed by atoms with van der Waals surface area (Å²) in [5.41, 5.74) is 7.53. The van der Waals surface area contributed by atoms with Crippen LogP contribution in [-0.4, -0.2) is 12.2 Å². The number of azide groups is 1. The van der Waals surface area contributed by atoms with Crippen LogP contribution in [0.15, 0.2) is 32.5 Å². The SMILES string of the molecule is COc1cc(O)c2c(=O)oc(CN=[N+]=[N-])cc2c1. The van der Waals surface area contributed by atoms with Crippen molar-refractivity contribution in [3.05, 3.63) is 44.8 Å². The highest BCUT2D eigenvalue weighted by Crippen LogP contribution is 2.28. The van der Waals surface area contributed by atoms with Gasteiger partial charge in [0.2, 0.25) is 0 Å². The normalized spacial score (nSPS) is 10.1. The van der Waals surface area contributed by atoms with E-state index in [1.807, 2.05) is 0 Å². The maximum atomic E-state index is 11.7. The van der Waals surface area contributed by atoms with E-state index in [0.29, 0.717) is 11.1 Å². The number of phenols is 1. The quantitative estimate of drug-likeness (QED) is 0.509. The van der Waals surface area contributed by atoms with Crippen LogP contribution in [0.1, 0.15) is 5.76 Å². The number of benzene rings is 1. The lowest BCUT2D eigenvalue weighted by Gasteiger charge is -2.05. The van der Waals surface area contributed by atoms with Gasteiger partial charge in [-0.3, -0.25) is 0 Å². The minimum absolute atomic E-state index is 0.0698. The molecule has 0 spiro atoms. The van der Waals surface area contributed by atoms with E-state index in [0.717, 1.165) is 0 Å². The van der Waals surface area contributed by atoms with Crippen molar-refractivity contribution in [3.63, 3.8) is 0 Å². The lowest BCUT2D eigenvalue weighted by atomic mass is 10.1. The third-order valence-corrected chi connectivity index (χ3v) is 2.39. The molecule has 7 heteroatoms. The van der Waals surface area contributed by atoms with E-state index in [1.54, 1.807) is 6.07 Å². The minimum atomic E-state index is -0.684. The maximum Gasteiger partial charge on any atom is 0.347 e. The van der Waals surface area contributed by atoms with Crippen LogP contribution in [0.25, 0.3) is 21.2 Å². The van der Waals surface area contributed by atoms with Gasteiger partial charge in [0.25, 0.3) is 0 Å². The first-order valence-electron chi connectivity index (χ1n) is 5.00. The molecule has 0 fully saturated rings. The second-order valence-electron chi connectivity index (χ2n) is 3.50. The molecule has 0 saturated heterocycles. The Labute approximate surface area is 101 Å². The molecule has 0 unspecified atom stereocenters. The van der Waals surface area contributed by atoms with Gasteiger partial charge in [0, 0.05) is 11.0 Å². The summed E-state index contributed by atoms with van der Waals surface area (Å²) in [5, 5.41) is 13.6. The number of aromatic hydroxyl groups is 1. The van der Waals surface area contributed by atoms with Crippen LogP contribution in [0.3, 0.4) is 0 Å². The summed E-state index contributed by atoms with van der Waals surface area (Å²) < 4.78 is 9.92. The molecule has 18 heavy (non-hydrogen) atoms. The van der Waals surface area contributed by atoms with Gasteiger partial charge in [-0.15, -0.1) is 0 Å². The second-order valence-corrected chi connectivity index (χ2v) is 3.50. The Bertz CT molecular complexity index is 701. The number of nitrogens with zero attached hydrogens (tertiary/aromatic N) is 3. The zero-order valence-electron chi connectivity index (χ0n) is 9.45. The van der Waals surface area contributed by atoms with Gasteiger partial charge in [-0.25, -0.2) is 4.79 Å². The topological polar surface area (TPSA) is 108 Å². The van der Waals surface area contributed by atoms with Crippen molar-refractivity contribution >= 4 is 10.8 Å². The van der Waals surface area contributed by atoms with Gasteiger partial charge in [-0.2, -0.15) is 0 Å². The van der Waals surface area contributed by atoms with Crippen molar-refractivity contribution < 1.29 is 14.3 Å². The molecule has 0 radical (unpaired) electrons. The van der Waals surface area contributed by atoms with Crippen LogP contribution in [0.4, 0.5) is 0 Å². The van der Waals surface area contributed by atoms with Crippen LogP contribution < -0.4 is 10.4 Å².